The van der Waals surface area contributed by atoms with Crippen LogP contribution in [0.2, 0.25) is 5.15 Å². The molecule has 0 aliphatic carbocycles. The number of carbonyl (C=O) groups excluding carboxylic acids is 1. The molecule has 1 aromatic rings. The minimum atomic E-state index is -0.0966. The Morgan fingerprint density at radius 1 is 1.62 bits per heavy atom. The third-order valence-corrected chi connectivity index (χ3v) is 2.73. The van der Waals surface area contributed by atoms with E-state index in [1.54, 1.807) is 0 Å². The number of amides is 1. The Morgan fingerprint density at radius 3 is 3.00 bits per heavy atom. The molecule has 2 heterocycles. The molecule has 1 unspecified atom stereocenters. The quantitative estimate of drug-likeness (QED) is 0.576. The first-order chi connectivity index (χ1) is 7.63. The van der Waals surface area contributed by atoms with Gasteiger partial charge in [0.25, 0.3) is 0 Å². The number of hydrogen-bond acceptors (Lipinski definition) is 4. The van der Waals surface area contributed by atoms with Crippen molar-refractivity contribution in [2.75, 3.05) is 17.2 Å². The van der Waals surface area contributed by atoms with E-state index >= 15 is 0 Å². The second kappa shape index (κ2) is 3.99. The number of aromatic nitrogens is 2. The maximum absolute atomic E-state index is 11.7. The first-order valence-corrected chi connectivity index (χ1v) is 5.03. The lowest BCUT2D eigenvalue weighted by atomic mass is 10.1. The Bertz CT molecular complexity index is 482. The second-order valence-corrected chi connectivity index (χ2v) is 3.83. The maximum atomic E-state index is 11.7. The number of terminal acetylenes is 1. The van der Waals surface area contributed by atoms with Crippen LogP contribution in [-0.4, -0.2) is 22.4 Å². The maximum Gasteiger partial charge on any atom is 0.229 e. The number of halogens is 1. The largest absolute Gasteiger partial charge is 0.393 e. The average Bonchev–Trinajstić information content (AvgIpc) is 2.64. The average molecular weight is 237 g/mol. The predicted molar refractivity (Wildman–Crippen MR) is 60.7 cm³/mol. The van der Waals surface area contributed by atoms with E-state index < -0.39 is 0 Å². The zero-order chi connectivity index (χ0) is 11.7. The number of rotatable bonds is 1. The highest BCUT2D eigenvalue weighted by molar-refractivity contribution is 6.32. The topological polar surface area (TPSA) is 72.1 Å². The normalized spacial score (nSPS) is 19.9. The summed E-state index contributed by atoms with van der Waals surface area (Å²) in [5.41, 5.74) is 5.91. The summed E-state index contributed by atoms with van der Waals surface area (Å²) in [4.78, 5) is 20.8. The lowest BCUT2D eigenvalue weighted by Gasteiger charge is -2.16. The highest BCUT2D eigenvalue weighted by Crippen LogP contribution is 2.30. The molecule has 2 N–H and O–H groups in total. The molecule has 1 aromatic heterocycles. The summed E-state index contributed by atoms with van der Waals surface area (Å²) in [6.07, 6.45) is 6.87. The monoisotopic (exact) mass is 236 g/mol. The van der Waals surface area contributed by atoms with E-state index in [4.69, 9.17) is 23.8 Å². The molecule has 1 amide bonds. The fourth-order valence-corrected chi connectivity index (χ4v) is 1.73. The summed E-state index contributed by atoms with van der Waals surface area (Å²) >= 11 is 5.76. The number of carbonyl (C=O) groups is 1. The van der Waals surface area contributed by atoms with Crippen LogP contribution in [0, 0.1) is 18.3 Å². The molecule has 1 saturated heterocycles. The summed E-state index contributed by atoms with van der Waals surface area (Å²) in [6.45, 7) is 0.423. The van der Waals surface area contributed by atoms with Crippen LogP contribution in [0.5, 0.6) is 0 Å². The second-order valence-electron chi connectivity index (χ2n) is 3.47. The van der Waals surface area contributed by atoms with E-state index in [1.807, 2.05) is 0 Å². The van der Waals surface area contributed by atoms with Crippen molar-refractivity contribution in [1.82, 2.24) is 9.97 Å². The Hall–Kier alpha value is -1.80. The van der Waals surface area contributed by atoms with Crippen molar-refractivity contribution < 1.29 is 4.79 Å². The summed E-state index contributed by atoms with van der Waals surface area (Å²) in [7, 11) is 0. The van der Waals surface area contributed by atoms with E-state index in [1.165, 1.54) is 11.2 Å². The molecule has 1 aliphatic heterocycles. The van der Waals surface area contributed by atoms with E-state index in [-0.39, 0.29) is 22.7 Å². The van der Waals surface area contributed by atoms with Crippen LogP contribution in [0.3, 0.4) is 0 Å². The SMILES string of the molecule is C#CC1CC(=O)N(c2ncnc(Cl)c2N)C1. The fourth-order valence-electron chi connectivity index (χ4n) is 1.60. The standard InChI is InChI=1S/C10H9ClN4O/c1-2-6-3-7(16)15(4-6)10-8(12)9(11)13-5-14-10/h1,5-6H,3-4,12H2. The highest BCUT2D eigenvalue weighted by atomic mass is 35.5. The van der Waals surface area contributed by atoms with Crippen molar-refractivity contribution >= 4 is 29.0 Å². The minimum Gasteiger partial charge on any atom is -0.393 e. The van der Waals surface area contributed by atoms with Gasteiger partial charge in [0.2, 0.25) is 5.91 Å². The first-order valence-electron chi connectivity index (χ1n) is 4.66. The van der Waals surface area contributed by atoms with E-state index in [0.717, 1.165) is 0 Å². The van der Waals surface area contributed by atoms with Gasteiger partial charge in [-0.15, -0.1) is 12.3 Å². The number of nitrogens with zero attached hydrogens (tertiary/aromatic N) is 3. The molecule has 1 atom stereocenters. The molecular weight excluding hydrogens is 228 g/mol. The van der Waals surface area contributed by atoms with Crippen LogP contribution in [0.15, 0.2) is 6.33 Å². The zero-order valence-electron chi connectivity index (χ0n) is 8.35. The van der Waals surface area contributed by atoms with Crippen molar-refractivity contribution in [3.05, 3.63) is 11.5 Å². The van der Waals surface area contributed by atoms with Gasteiger partial charge < -0.3 is 5.73 Å². The number of anilines is 2. The van der Waals surface area contributed by atoms with Gasteiger partial charge in [-0.2, -0.15) is 0 Å². The van der Waals surface area contributed by atoms with Crippen LogP contribution in [0.25, 0.3) is 0 Å². The van der Waals surface area contributed by atoms with Crippen molar-refractivity contribution in [3.8, 4) is 12.3 Å². The molecule has 0 bridgehead atoms. The Kier molecular flexibility index (Phi) is 2.67. The zero-order valence-corrected chi connectivity index (χ0v) is 9.11. The van der Waals surface area contributed by atoms with E-state index in [9.17, 15) is 4.79 Å². The summed E-state index contributed by atoms with van der Waals surface area (Å²) in [5.74, 6) is 2.69. The Morgan fingerprint density at radius 2 is 2.38 bits per heavy atom. The third-order valence-electron chi connectivity index (χ3n) is 2.43. The molecular formula is C10H9ClN4O. The molecule has 0 aromatic carbocycles. The van der Waals surface area contributed by atoms with Crippen molar-refractivity contribution in [3.63, 3.8) is 0 Å². The Labute approximate surface area is 97.6 Å². The molecule has 2 rings (SSSR count). The predicted octanol–water partition coefficient (Wildman–Crippen LogP) is 0.698. The molecule has 1 aliphatic rings. The van der Waals surface area contributed by atoms with Gasteiger partial charge in [0.1, 0.15) is 12.0 Å². The van der Waals surface area contributed by atoms with Gasteiger partial charge in [-0.3, -0.25) is 9.69 Å². The van der Waals surface area contributed by atoms with Gasteiger partial charge in [0.05, 0.1) is 0 Å². The third kappa shape index (κ3) is 1.68. The molecule has 1 fully saturated rings. The van der Waals surface area contributed by atoms with Gasteiger partial charge in [-0.05, 0) is 0 Å². The lowest BCUT2D eigenvalue weighted by molar-refractivity contribution is -0.117. The number of nitrogens with two attached hydrogens (primary N) is 1. The first kappa shape index (κ1) is 10.7. The van der Waals surface area contributed by atoms with Gasteiger partial charge in [0, 0.05) is 18.9 Å². The highest BCUT2D eigenvalue weighted by Gasteiger charge is 2.31. The molecule has 0 radical (unpaired) electrons. The van der Waals surface area contributed by atoms with Gasteiger partial charge in [0.15, 0.2) is 11.0 Å². The minimum absolute atomic E-state index is 0.0931. The molecule has 82 valence electrons. The molecule has 6 heteroatoms. The summed E-state index contributed by atoms with van der Waals surface area (Å²) in [5, 5.41) is 0.141. The molecule has 5 nitrogen and oxygen atoms in total. The fraction of sp³-hybridized carbons (Fsp3) is 0.300. The van der Waals surface area contributed by atoms with E-state index in [2.05, 4.69) is 15.9 Å². The summed E-state index contributed by atoms with van der Waals surface area (Å²) < 4.78 is 0. The van der Waals surface area contributed by atoms with Crippen molar-refractivity contribution in [1.29, 1.82) is 0 Å². The van der Waals surface area contributed by atoms with Gasteiger partial charge in [-0.25, -0.2) is 9.97 Å². The van der Waals surface area contributed by atoms with Gasteiger partial charge in [-0.1, -0.05) is 11.6 Å². The summed E-state index contributed by atoms with van der Waals surface area (Å²) in [6, 6.07) is 0. The lowest BCUT2D eigenvalue weighted by Crippen LogP contribution is -2.26. The van der Waals surface area contributed by atoms with Gasteiger partial charge >= 0.3 is 0 Å². The molecule has 16 heavy (non-hydrogen) atoms. The van der Waals surface area contributed by atoms with Crippen LogP contribution in [-0.2, 0) is 4.79 Å². The van der Waals surface area contributed by atoms with Crippen molar-refractivity contribution in [2.24, 2.45) is 5.92 Å². The van der Waals surface area contributed by atoms with Crippen LogP contribution in [0.4, 0.5) is 11.5 Å². The smallest absolute Gasteiger partial charge is 0.229 e. The van der Waals surface area contributed by atoms with Crippen LogP contribution < -0.4 is 10.6 Å². The van der Waals surface area contributed by atoms with Crippen molar-refractivity contribution in [2.45, 2.75) is 6.42 Å². The van der Waals surface area contributed by atoms with Crippen LogP contribution in [0.1, 0.15) is 6.42 Å². The Balaban J connectivity index is 2.36. The number of hydrogen-bond donors (Lipinski definition) is 1. The van der Waals surface area contributed by atoms with E-state index in [0.29, 0.717) is 18.8 Å². The van der Waals surface area contributed by atoms with Crippen LogP contribution >= 0.6 is 11.6 Å². The number of nitrogen functional groups attached to an aromatic ring is 1. The molecule has 0 saturated carbocycles. The molecule has 0 spiro atoms.